The largest absolute Gasteiger partial charge is 0.348 e. The number of nitrogens with one attached hydrogen (secondary N) is 1. The minimum absolute atomic E-state index is 0.0101. The summed E-state index contributed by atoms with van der Waals surface area (Å²) < 4.78 is 0. The van der Waals surface area contributed by atoms with Gasteiger partial charge < -0.3 is 5.32 Å². The fourth-order valence-electron chi connectivity index (χ4n) is 2.35. The molecule has 0 aromatic heterocycles. The molecule has 18 heavy (non-hydrogen) atoms. The lowest BCUT2D eigenvalue weighted by atomic mass is 10.0. The molecule has 1 aliphatic rings. The Labute approximate surface area is 114 Å². The van der Waals surface area contributed by atoms with Gasteiger partial charge in [0.15, 0.2) is 0 Å². The highest BCUT2D eigenvalue weighted by Gasteiger charge is 2.18. The molecule has 1 aromatic rings. The molecule has 0 aliphatic heterocycles. The zero-order chi connectivity index (χ0) is 13.1. The molecule has 2 rings (SSSR count). The molecule has 3 heteroatoms. The second-order valence-corrected chi connectivity index (χ2v) is 5.62. The van der Waals surface area contributed by atoms with Gasteiger partial charge in [0.25, 0.3) is 5.91 Å². The lowest BCUT2D eigenvalue weighted by molar-refractivity contribution is 0.0931. The van der Waals surface area contributed by atoms with Gasteiger partial charge in [-0.2, -0.15) is 0 Å². The first kappa shape index (κ1) is 13.4. The van der Waals surface area contributed by atoms with Crippen molar-refractivity contribution in [2.75, 3.05) is 5.88 Å². The van der Waals surface area contributed by atoms with Crippen molar-refractivity contribution in [3.8, 4) is 0 Å². The molecule has 0 saturated carbocycles. The normalized spacial score (nSPS) is 15.6. The third kappa shape index (κ3) is 2.86. The van der Waals surface area contributed by atoms with Gasteiger partial charge in [-0.3, -0.25) is 4.79 Å². The number of rotatable bonds is 4. The molecular formula is C15H20ClNO. The van der Waals surface area contributed by atoms with Crippen LogP contribution in [0, 0.1) is 5.92 Å². The molecule has 1 aromatic carbocycles. The van der Waals surface area contributed by atoms with Crippen LogP contribution in [0.4, 0.5) is 0 Å². The summed E-state index contributed by atoms with van der Waals surface area (Å²) in [5.74, 6) is 0.791. The highest BCUT2D eigenvalue weighted by molar-refractivity contribution is 6.18. The first-order valence-electron chi connectivity index (χ1n) is 6.60. The van der Waals surface area contributed by atoms with Crippen LogP contribution in [0.25, 0.3) is 0 Å². The van der Waals surface area contributed by atoms with E-state index in [1.807, 2.05) is 12.1 Å². The van der Waals surface area contributed by atoms with E-state index in [9.17, 15) is 4.79 Å². The van der Waals surface area contributed by atoms with Crippen molar-refractivity contribution in [3.05, 3.63) is 34.9 Å². The molecule has 1 N–H and O–H groups in total. The van der Waals surface area contributed by atoms with Gasteiger partial charge in [-0.25, -0.2) is 0 Å². The Morgan fingerprint density at radius 3 is 2.72 bits per heavy atom. The van der Waals surface area contributed by atoms with E-state index in [4.69, 9.17) is 11.6 Å². The quantitative estimate of drug-likeness (QED) is 0.833. The SMILES string of the molecule is CC(C)C(CCl)NC(=O)c1ccc2c(c1)CCC2. The minimum Gasteiger partial charge on any atom is -0.348 e. The molecular weight excluding hydrogens is 246 g/mol. The highest BCUT2D eigenvalue weighted by Crippen LogP contribution is 2.22. The molecule has 1 aliphatic carbocycles. The van der Waals surface area contributed by atoms with Crippen LogP contribution in [0.1, 0.15) is 41.8 Å². The fourth-order valence-corrected chi connectivity index (χ4v) is 2.78. The van der Waals surface area contributed by atoms with E-state index in [0.717, 1.165) is 18.4 Å². The number of amides is 1. The Bertz CT molecular complexity index is 442. The van der Waals surface area contributed by atoms with Crippen LogP contribution in [0.5, 0.6) is 0 Å². The number of fused-ring (bicyclic) bond motifs is 1. The number of carbonyl (C=O) groups is 1. The van der Waals surface area contributed by atoms with Crippen LogP contribution in [0.15, 0.2) is 18.2 Å². The van der Waals surface area contributed by atoms with Crippen molar-refractivity contribution in [1.82, 2.24) is 5.32 Å². The van der Waals surface area contributed by atoms with Crippen molar-refractivity contribution >= 4 is 17.5 Å². The summed E-state index contributed by atoms with van der Waals surface area (Å²) in [4.78, 5) is 12.1. The maximum atomic E-state index is 12.1. The summed E-state index contributed by atoms with van der Waals surface area (Å²) in [5.41, 5.74) is 3.48. The lowest BCUT2D eigenvalue weighted by Gasteiger charge is -2.19. The minimum atomic E-state index is -0.0101. The maximum Gasteiger partial charge on any atom is 0.251 e. The Balaban J connectivity index is 2.09. The predicted molar refractivity (Wildman–Crippen MR) is 75.3 cm³/mol. The molecule has 1 amide bonds. The van der Waals surface area contributed by atoms with Crippen molar-refractivity contribution < 1.29 is 4.79 Å². The van der Waals surface area contributed by atoms with E-state index in [2.05, 4.69) is 25.2 Å². The zero-order valence-corrected chi connectivity index (χ0v) is 11.8. The van der Waals surface area contributed by atoms with Gasteiger partial charge in [0.2, 0.25) is 0 Å². The van der Waals surface area contributed by atoms with Crippen LogP contribution < -0.4 is 5.32 Å². The third-order valence-electron chi connectivity index (χ3n) is 3.65. The molecule has 0 bridgehead atoms. The highest BCUT2D eigenvalue weighted by atomic mass is 35.5. The van der Waals surface area contributed by atoms with Crippen LogP contribution in [0.2, 0.25) is 0 Å². The number of benzene rings is 1. The van der Waals surface area contributed by atoms with Crippen LogP contribution in [-0.4, -0.2) is 17.8 Å². The summed E-state index contributed by atoms with van der Waals surface area (Å²) in [5, 5.41) is 3.00. The first-order chi connectivity index (χ1) is 8.61. The van der Waals surface area contributed by atoms with Crippen molar-refractivity contribution in [2.45, 2.75) is 39.2 Å². The summed E-state index contributed by atoms with van der Waals surface area (Å²) in [7, 11) is 0. The Morgan fingerprint density at radius 1 is 1.33 bits per heavy atom. The van der Waals surface area contributed by atoms with Crippen LogP contribution >= 0.6 is 11.6 Å². The van der Waals surface area contributed by atoms with E-state index in [1.54, 1.807) is 0 Å². The van der Waals surface area contributed by atoms with Gasteiger partial charge in [-0.1, -0.05) is 19.9 Å². The maximum absolute atomic E-state index is 12.1. The average molecular weight is 266 g/mol. The second-order valence-electron chi connectivity index (χ2n) is 5.32. The molecule has 0 radical (unpaired) electrons. The first-order valence-corrected chi connectivity index (χ1v) is 7.14. The Hall–Kier alpha value is -1.02. The van der Waals surface area contributed by atoms with Crippen molar-refractivity contribution in [1.29, 1.82) is 0 Å². The summed E-state index contributed by atoms with van der Waals surface area (Å²) in [6, 6.07) is 6.07. The molecule has 0 heterocycles. The molecule has 1 atom stereocenters. The summed E-state index contributed by atoms with van der Waals surface area (Å²) in [6.07, 6.45) is 3.45. The number of carbonyl (C=O) groups excluding carboxylic acids is 1. The Morgan fingerprint density at radius 2 is 2.06 bits per heavy atom. The van der Waals surface area contributed by atoms with Gasteiger partial charge in [-0.15, -0.1) is 11.6 Å². The monoisotopic (exact) mass is 265 g/mol. The number of hydrogen-bond acceptors (Lipinski definition) is 1. The van der Waals surface area contributed by atoms with E-state index in [1.165, 1.54) is 17.5 Å². The number of halogens is 1. The number of aryl methyl sites for hydroxylation is 2. The van der Waals surface area contributed by atoms with E-state index < -0.39 is 0 Å². The predicted octanol–water partition coefficient (Wildman–Crippen LogP) is 3.17. The standard InChI is InChI=1S/C15H20ClNO/c1-10(2)14(9-16)17-15(18)13-7-6-11-4-3-5-12(11)8-13/h6-8,10,14H,3-5,9H2,1-2H3,(H,17,18). The smallest absolute Gasteiger partial charge is 0.251 e. The zero-order valence-electron chi connectivity index (χ0n) is 11.0. The molecule has 2 nitrogen and oxygen atoms in total. The second kappa shape index (κ2) is 5.75. The fraction of sp³-hybridized carbons (Fsp3) is 0.533. The topological polar surface area (TPSA) is 29.1 Å². The lowest BCUT2D eigenvalue weighted by Crippen LogP contribution is -2.39. The molecule has 0 saturated heterocycles. The van der Waals surface area contributed by atoms with Gasteiger partial charge >= 0.3 is 0 Å². The van der Waals surface area contributed by atoms with Crippen molar-refractivity contribution in [2.24, 2.45) is 5.92 Å². The molecule has 1 unspecified atom stereocenters. The van der Waals surface area contributed by atoms with E-state index in [0.29, 0.717) is 11.8 Å². The van der Waals surface area contributed by atoms with Gasteiger partial charge in [0, 0.05) is 17.5 Å². The average Bonchev–Trinajstić information content (AvgIpc) is 2.82. The van der Waals surface area contributed by atoms with E-state index >= 15 is 0 Å². The van der Waals surface area contributed by atoms with Crippen LogP contribution in [-0.2, 0) is 12.8 Å². The van der Waals surface area contributed by atoms with Gasteiger partial charge in [0.1, 0.15) is 0 Å². The Kier molecular flexibility index (Phi) is 4.28. The molecule has 0 spiro atoms. The van der Waals surface area contributed by atoms with Crippen molar-refractivity contribution in [3.63, 3.8) is 0 Å². The van der Waals surface area contributed by atoms with Gasteiger partial charge in [-0.05, 0) is 48.4 Å². The van der Waals surface area contributed by atoms with Crippen LogP contribution in [0.3, 0.4) is 0 Å². The number of alkyl halides is 1. The van der Waals surface area contributed by atoms with Gasteiger partial charge in [0.05, 0.1) is 0 Å². The third-order valence-corrected chi connectivity index (χ3v) is 3.98. The summed E-state index contributed by atoms with van der Waals surface area (Å²) in [6.45, 7) is 4.13. The molecule has 0 fully saturated rings. The molecule has 98 valence electrons. The number of hydrogen-bond donors (Lipinski definition) is 1. The summed E-state index contributed by atoms with van der Waals surface area (Å²) >= 11 is 5.87. The van der Waals surface area contributed by atoms with E-state index in [-0.39, 0.29) is 11.9 Å².